The largest absolute Gasteiger partial charge is 0.344 e. The van der Waals surface area contributed by atoms with Crippen LogP contribution in [0.4, 0.5) is 10.1 Å². The summed E-state index contributed by atoms with van der Waals surface area (Å²) in [6, 6.07) is 9.22. The number of Topliss-reactive ketones (excluding diaryl/α,β-unsaturated/α-hetero) is 1. The van der Waals surface area contributed by atoms with Gasteiger partial charge in [-0.05, 0) is 61.1 Å². The van der Waals surface area contributed by atoms with Gasteiger partial charge in [0.2, 0.25) is 17.7 Å². The van der Waals surface area contributed by atoms with Crippen LogP contribution >= 0.6 is 0 Å². The van der Waals surface area contributed by atoms with E-state index < -0.39 is 17.8 Å². The highest BCUT2D eigenvalue weighted by Crippen LogP contribution is 2.34. The molecule has 0 spiro atoms. The summed E-state index contributed by atoms with van der Waals surface area (Å²) in [5.74, 6) is -2.19. The number of hydrogen-bond acceptors (Lipinski definition) is 7. The Morgan fingerprint density at radius 3 is 2.41 bits per heavy atom. The van der Waals surface area contributed by atoms with Crippen molar-refractivity contribution in [2.45, 2.75) is 84.3 Å². The molecule has 262 valence electrons. The Hall–Kier alpha value is -4.45. The van der Waals surface area contributed by atoms with Crippen LogP contribution < -0.4 is 10.6 Å². The molecule has 1 aliphatic heterocycles. The van der Waals surface area contributed by atoms with Crippen LogP contribution in [-0.2, 0) is 33.9 Å². The number of ketones is 1. The molecule has 1 unspecified atom stereocenters. The SMILES string of the molecule is CCC(=O)NC(Cc1ccc(NC(=O)[C@@H](CC(=O)c2ccnn2CC)C2CCCCC2)c(F)c1)C(=O)N1CCN(Cc2cccnc2)CC1. The molecular weight excluding hydrogens is 625 g/mol. The highest BCUT2D eigenvalue weighted by atomic mass is 19.1. The predicted molar refractivity (Wildman–Crippen MR) is 184 cm³/mol. The van der Waals surface area contributed by atoms with E-state index in [4.69, 9.17) is 0 Å². The molecule has 1 saturated heterocycles. The zero-order valence-corrected chi connectivity index (χ0v) is 28.6. The number of piperazine rings is 1. The van der Waals surface area contributed by atoms with Crippen molar-refractivity contribution >= 4 is 29.2 Å². The number of hydrogen-bond donors (Lipinski definition) is 2. The van der Waals surface area contributed by atoms with Crippen molar-refractivity contribution in [1.82, 2.24) is 29.9 Å². The smallest absolute Gasteiger partial charge is 0.245 e. The van der Waals surface area contributed by atoms with E-state index in [2.05, 4.69) is 25.6 Å². The maximum atomic E-state index is 15.6. The van der Waals surface area contributed by atoms with Crippen molar-refractivity contribution in [2.24, 2.45) is 11.8 Å². The minimum atomic E-state index is -0.851. The third-order valence-electron chi connectivity index (χ3n) is 9.76. The molecule has 1 saturated carbocycles. The number of anilines is 1. The van der Waals surface area contributed by atoms with Gasteiger partial charge >= 0.3 is 0 Å². The van der Waals surface area contributed by atoms with Gasteiger partial charge in [0.15, 0.2) is 5.78 Å². The number of halogens is 1. The maximum absolute atomic E-state index is 15.6. The fourth-order valence-corrected chi connectivity index (χ4v) is 6.98. The molecule has 3 amide bonds. The summed E-state index contributed by atoms with van der Waals surface area (Å²) in [6.45, 7) is 7.33. The average molecular weight is 674 g/mol. The normalized spacial score (nSPS) is 16.9. The van der Waals surface area contributed by atoms with Crippen molar-refractivity contribution in [3.05, 3.63) is 77.6 Å². The Balaban J connectivity index is 1.24. The van der Waals surface area contributed by atoms with Gasteiger partial charge in [0.05, 0.1) is 5.69 Å². The standard InChI is InChI=1S/C37H48FN7O4/c1-3-35(47)41-32(37(49)44-19-17-43(18-20-44)25-27-9-8-15-39-24-27)22-26-12-13-31(30(38)21-26)42-36(48)29(28-10-6-5-7-11-28)23-34(46)33-14-16-40-45(33)4-2/h8-9,12-16,21,24,28-29,32H,3-7,10-11,17-20,22-23,25H2,1-2H3,(H,41,47)(H,42,48)/t29-,32?/m0/s1. The lowest BCUT2D eigenvalue weighted by Crippen LogP contribution is -2.55. The second-order valence-corrected chi connectivity index (χ2v) is 13.1. The Morgan fingerprint density at radius 2 is 1.73 bits per heavy atom. The summed E-state index contributed by atoms with van der Waals surface area (Å²) in [6.07, 6.45) is 10.3. The molecule has 3 aromatic rings. The molecule has 49 heavy (non-hydrogen) atoms. The van der Waals surface area contributed by atoms with Gasteiger partial charge in [-0.3, -0.25) is 33.7 Å². The second-order valence-electron chi connectivity index (χ2n) is 13.1. The maximum Gasteiger partial charge on any atom is 0.245 e. The minimum absolute atomic E-state index is 0.0193. The number of pyridine rings is 1. The van der Waals surface area contributed by atoms with Crippen LogP contribution in [0.5, 0.6) is 0 Å². The third kappa shape index (κ3) is 9.59. The molecule has 2 fully saturated rings. The Kier molecular flexibility index (Phi) is 12.6. The number of carbonyl (C=O) groups is 4. The highest BCUT2D eigenvalue weighted by molar-refractivity contribution is 6.00. The molecule has 5 rings (SSSR count). The van der Waals surface area contributed by atoms with Crippen molar-refractivity contribution in [3.63, 3.8) is 0 Å². The average Bonchev–Trinajstić information content (AvgIpc) is 3.61. The lowest BCUT2D eigenvalue weighted by Gasteiger charge is -2.36. The molecule has 2 N–H and O–H groups in total. The van der Waals surface area contributed by atoms with E-state index in [0.29, 0.717) is 44.0 Å². The quantitative estimate of drug-likeness (QED) is 0.239. The first-order chi connectivity index (χ1) is 23.7. The van der Waals surface area contributed by atoms with Gasteiger partial charge in [-0.1, -0.05) is 38.3 Å². The summed E-state index contributed by atoms with van der Waals surface area (Å²) < 4.78 is 17.2. The summed E-state index contributed by atoms with van der Waals surface area (Å²) in [7, 11) is 0. The summed E-state index contributed by atoms with van der Waals surface area (Å²) in [4.78, 5) is 61.2. The van der Waals surface area contributed by atoms with Gasteiger partial charge in [-0.2, -0.15) is 5.10 Å². The van der Waals surface area contributed by atoms with Gasteiger partial charge in [-0.15, -0.1) is 0 Å². The van der Waals surface area contributed by atoms with Crippen molar-refractivity contribution in [3.8, 4) is 0 Å². The fourth-order valence-electron chi connectivity index (χ4n) is 6.98. The Labute approximate surface area is 287 Å². The first kappa shape index (κ1) is 35.8. The van der Waals surface area contributed by atoms with E-state index in [1.165, 1.54) is 12.1 Å². The molecule has 3 heterocycles. The lowest BCUT2D eigenvalue weighted by molar-refractivity contribution is -0.138. The van der Waals surface area contributed by atoms with Crippen molar-refractivity contribution in [1.29, 1.82) is 0 Å². The zero-order valence-electron chi connectivity index (χ0n) is 28.6. The van der Waals surface area contributed by atoms with Crippen LogP contribution in [0.3, 0.4) is 0 Å². The molecule has 2 aromatic heterocycles. The molecule has 1 aromatic carbocycles. The van der Waals surface area contributed by atoms with Crippen LogP contribution in [-0.4, -0.2) is 80.3 Å². The van der Waals surface area contributed by atoms with E-state index >= 15 is 4.39 Å². The molecule has 11 nitrogen and oxygen atoms in total. The number of carbonyl (C=O) groups excluding carboxylic acids is 4. The van der Waals surface area contributed by atoms with Crippen LogP contribution in [0.15, 0.2) is 55.0 Å². The van der Waals surface area contributed by atoms with E-state index in [0.717, 1.165) is 44.2 Å². The topological polar surface area (TPSA) is 130 Å². The first-order valence-electron chi connectivity index (χ1n) is 17.6. The molecule has 2 aliphatic rings. The Bertz CT molecular complexity index is 1580. The van der Waals surface area contributed by atoms with Gasteiger partial charge < -0.3 is 15.5 Å². The number of nitrogens with one attached hydrogen (secondary N) is 2. The number of aryl methyl sites for hydroxylation is 1. The minimum Gasteiger partial charge on any atom is -0.344 e. The van der Waals surface area contributed by atoms with E-state index in [1.807, 2.05) is 25.3 Å². The Morgan fingerprint density at radius 1 is 0.959 bits per heavy atom. The van der Waals surface area contributed by atoms with Gasteiger partial charge in [-0.25, -0.2) is 4.39 Å². The number of benzene rings is 1. The zero-order chi connectivity index (χ0) is 34.8. The van der Waals surface area contributed by atoms with Crippen molar-refractivity contribution < 1.29 is 23.6 Å². The van der Waals surface area contributed by atoms with E-state index in [1.54, 1.807) is 41.0 Å². The van der Waals surface area contributed by atoms with E-state index in [-0.39, 0.29) is 54.4 Å². The van der Waals surface area contributed by atoms with Gasteiger partial charge in [0.25, 0.3) is 0 Å². The highest BCUT2D eigenvalue weighted by Gasteiger charge is 2.33. The van der Waals surface area contributed by atoms with Crippen molar-refractivity contribution in [2.75, 3.05) is 31.5 Å². The molecule has 0 bridgehead atoms. The lowest BCUT2D eigenvalue weighted by atomic mass is 9.77. The summed E-state index contributed by atoms with van der Waals surface area (Å²) in [5.41, 5.74) is 2.12. The molecule has 0 radical (unpaired) electrons. The van der Waals surface area contributed by atoms with Crippen LogP contribution in [0.2, 0.25) is 0 Å². The van der Waals surface area contributed by atoms with Gasteiger partial charge in [0, 0.05) is 83.0 Å². The van der Waals surface area contributed by atoms with Gasteiger partial charge in [0.1, 0.15) is 17.6 Å². The third-order valence-corrected chi connectivity index (χ3v) is 9.76. The van der Waals surface area contributed by atoms with Crippen LogP contribution in [0.1, 0.15) is 80.4 Å². The molecule has 2 atom stereocenters. The molecule has 12 heteroatoms. The second kappa shape index (κ2) is 17.3. The number of amides is 3. The molecular formula is C37H48FN7O4. The summed E-state index contributed by atoms with van der Waals surface area (Å²) in [5, 5.41) is 9.80. The number of nitrogens with zero attached hydrogens (tertiary/aromatic N) is 5. The molecule has 1 aliphatic carbocycles. The first-order valence-corrected chi connectivity index (χ1v) is 17.6. The predicted octanol–water partition coefficient (Wildman–Crippen LogP) is 4.63. The fraction of sp³-hybridized carbons (Fsp3) is 0.514. The van der Waals surface area contributed by atoms with E-state index in [9.17, 15) is 19.2 Å². The summed E-state index contributed by atoms with van der Waals surface area (Å²) >= 11 is 0. The number of aromatic nitrogens is 3. The number of rotatable bonds is 14. The van der Waals surface area contributed by atoms with Crippen LogP contribution in [0, 0.1) is 17.7 Å². The van der Waals surface area contributed by atoms with Crippen LogP contribution in [0.25, 0.3) is 0 Å². The monoisotopic (exact) mass is 673 g/mol.